The minimum Gasteiger partial charge on any atom is -0.430 e. The molecule has 6 heteroatoms. The summed E-state index contributed by atoms with van der Waals surface area (Å²) in [6.45, 7) is 0. The van der Waals surface area contributed by atoms with Gasteiger partial charge in [-0.2, -0.15) is 0 Å². The van der Waals surface area contributed by atoms with Crippen molar-refractivity contribution in [2.75, 3.05) is 0 Å². The molecule has 0 saturated heterocycles. The summed E-state index contributed by atoms with van der Waals surface area (Å²) in [6.07, 6.45) is 0. The first-order valence-electron chi connectivity index (χ1n) is 7.60. The van der Waals surface area contributed by atoms with Crippen molar-refractivity contribution in [2.45, 2.75) is 5.60 Å². The smallest absolute Gasteiger partial charge is 0.430 e. The van der Waals surface area contributed by atoms with Crippen LogP contribution in [0.1, 0.15) is 16.7 Å². The van der Waals surface area contributed by atoms with Gasteiger partial charge in [-0.25, -0.2) is 0 Å². The lowest BCUT2D eigenvalue weighted by Crippen LogP contribution is -2.28. The zero-order valence-electron chi connectivity index (χ0n) is 13.2. The SMILES string of the molecule is F[B-](F)(F)F.[OH2+]C(c1ccccc1)(c1ccccc1)c1ccccc1. The summed E-state index contributed by atoms with van der Waals surface area (Å²) in [5, 5.41) is 9.14. The Kier molecular flexibility index (Phi) is 5.99. The molecule has 3 aromatic rings. The van der Waals surface area contributed by atoms with Crippen LogP contribution in [0.2, 0.25) is 0 Å². The molecule has 0 radical (unpaired) electrons. The van der Waals surface area contributed by atoms with Gasteiger partial charge in [-0.05, 0) is 36.4 Å². The number of hydrogen-bond donors (Lipinski definition) is 0. The van der Waals surface area contributed by atoms with E-state index in [1.165, 1.54) is 0 Å². The Balaban J connectivity index is 0.000000399. The minimum atomic E-state index is -6.00. The summed E-state index contributed by atoms with van der Waals surface area (Å²) in [5.41, 5.74) is 2.08. The molecular weight excluding hydrogens is 331 g/mol. The molecule has 0 bridgehead atoms. The molecule has 3 rings (SSSR count). The third kappa shape index (κ3) is 5.19. The van der Waals surface area contributed by atoms with Crippen LogP contribution in [0.3, 0.4) is 0 Å². The number of hydrogen-bond acceptors (Lipinski definition) is 0. The largest absolute Gasteiger partial charge is 0.673 e. The molecule has 0 amide bonds. The monoisotopic (exact) mass is 348 g/mol. The fourth-order valence-electron chi connectivity index (χ4n) is 2.56. The van der Waals surface area contributed by atoms with Gasteiger partial charge in [0.25, 0.3) is 0 Å². The Bertz CT molecular complexity index is 659. The fourth-order valence-corrected chi connectivity index (χ4v) is 2.56. The van der Waals surface area contributed by atoms with Gasteiger partial charge in [0.2, 0.25) is 5.60 Å². The van der Waals surface area contributed by atoms with Gasteiger partial charge < -0.3 is 22.4 Å². The first-order chi connectivity index (χ1) is 11.8. The summed E-state index contributed by atoms with van der Waals surface area (Å²) in [6, 6.07) is 30.0. The van der Waals surface area contributed by atoms with E-state index >= 15 is 0 Å². The van der Waals surface area contributed by atoms with Crippen molar-refractivity contribution in [3.63, 3.8) is 0 Å². The highest BCUT2D eigenvalue weighted by atomic mass is 19.5. The van der Waals surface area contributed by atoms with Crippen molar-refractivity contribution in [1.82, 2.24) is 0 Å². The predicted octanol–water partition coefficient (Wildman–Crippen LogP) is 5.00. The summed E-state index contributed by atoms with van der Waals surface area (Å²) in [5.74, 6) is 0. The third-order valence-corrected chi connectivity index (χ3v) is 3.62. The van der Waals surface area contributed by atoms with Crippen molar-refractivity contribution in [3.05, 3.63) is 108 Å². The van der Waals surface area contributed by atoms with Crippen LogP contribution in [0.15, 0.2) is 91.0 Å². The predicted molar refractivity (Wildman–Crippen MR) is 93.0 cm³/mol. The molecule has 0 aromatic heterocycles. The lowest BCUT2D eigenvalue weighted by atomic mass is 9.80. The molecular formula is C19H17BF4O. The van der Waals surface area contributed by atoms with Gasteiger partial charge in [0, 0.05) is 16.7 Å². The Morgan fingerprint density at radius 2 is 0.720 bits per heavy atom. The van der Waals surface area contributed by atoms with Gasteiger partial charge in [0.15, 0.2) is 0 Å². The van der Waals surface area contributed by atoms with Gasteiger partial charge in [-0.1, -0.05) is 54.6 Å². The van der Waals surface area contributed by atoms with E-state index in [9.17, 15) is 17.3 Å². The highest BCUT2D eigenvalue weighted by Crippen LogP contribution is 2.36. The number of rotatable bonds is 3. The fraction of sp³-hybridized carbons (Fsp3) is 0.0526. The average molecular weight is 348 g/mol. The van der Waals surface area contributed by atoms with E-state index in [1.807, 2.05) is 91.0 Å². The van der Waals surface area contributed by atoms with Crippen LogP contribution in [0.5, 0.6) is 0 Å². The maximum atomic E-state index is 9.75. The Hall–Kier alpha value is -2.60. The lowest BCUT2D eigenvalue weighted by Gasteiger charge is -2.25. The summed E-state index contributed by atoms with van der Waals surface area (Å²) >= 11 is 0. The van der Waals surface area contributed by atoms with Gasteiger partial charge >= 0.3 is 7.25 Å². The van der Waals surface area contributed by atoms with Crippen LogP contribution in [-0.2, 0) is 5.60 Å². The molecule has 0 heterocycles. The Morgan fingerprint density at radius 1 is 0.520 bits per heavy atom. The van der Waals surface area contributed by atoms with E-state index in [2.05, 4.69) is 0 Å². The van der Waals surface area contributed by atoms with E-state index in [1.54, 1.807) is 0 Å². The quantitative estimate of drug-likeness (QED) is 0.275. The van der Waals surface area contributed by atoms with E-state index in [4.69, 9.17) is 5.11 Å². The van der Waals surface area contributed by atoms with Crippen LogP contribution in [0, 0.1) is 0 Å². The lowest BCUT2D eigenvalue weighted by molar-refractivity contribution is 0.125. The number of benzene rings is 3. The second-order valence-corrected chi connectivity index (χ2v) is 5.34. The first-order valence-corrected chi connectivity index (χ1v) is 7.60. The highest BCUT2D eigenvalue weighted by Gasteiger charge is 2.38. The van der Waals surface area contributed by atoms with Crippen LogP contribution in [0.25, 0.3) is 0 Å². The van der Waals surface area contributed by atoms with Crippen molar-refractivity contribution >= 4 is 7.25 Å². The highest BCUT2D eigenvalue weighted by molar-refractivity contribution is 6.50. The second kappa shape index (κ2) is 7.99. The molecule has 25 heavy (non-hydrogen) atoms. The molecule has 0 fully saturated rings. The molecule has 0 saturated carbocycles. The molecule has 2 N–H and O–H groups in total. The topological polar surface area (TPSA) is 22.9 Å². The van der Waals surface area contributed by atoms with Crippen molar-refractivity contribution < 1.29 is 22.4 Å². The van der Waals surface area contributed by atoms with E-state index in [0.717, 1.165) is 16.7 Å². The molecule has 130 valence electrons. The number of halogens is 4. The van der Waals surface area contributed by atoms with Crippen LogP contribution >= 0.6 is 0 Å². The molecule has 0 aliphatic carbocycles. The molecule has 3 aromatic carbocycles. The third-order valence-electron chi connectivity index (χ3n) is 3.62. The maximum absolute atomic E-state index is 9.75. The van der Waals surface area contributed by atoms with Crippen molar-refractivity contribution in [1.29, 1.82) is 0 Å². The average Bonchev–Trinajstić information content (AvgIpc) is 2.62. The molecule has 0 unspecified atom stereocenters. The minimum absolute atomic E-state index is 0.871. The first kappa shape index (κ1) is 18.7. The normalized spacial score (nSPS) is 11.4. The van der Waals surface area contributed by atoms with Gasteiger partial charge in [-0.3, -0.25) is 0 Å². The molecule has 0 aliphatic rings. The van der Waals surface area contributed by atoms with Crippen molar-refractivity contribution in [2.24, 2.45) is 0 Å². The van der Waals surface area contributed by atoms with E-state index < -0.39 is 12.9 Å². The molecule has 1 nitrogen and oxygen atoms in total. The molecule has 0 spiro atoms. The van der Waals surface area contributed by atoms with Gasteiger partial charge in [0.1, 0.15) is 0 Å². The summed E-state index contributed by atoms with van der Waals surface area (Å²) < 4.78 is 39.0. The van der Waals surface area contributed by atoms with Crippen molar-refractivity contribution in [3.8, 4) is 0 Å². The van der Waals surface area contributed by atoms with E-state index in [-0.39, 0.29) is 0 Å². The van der Waals surface area contributed by atoms with Crippen LogP contribution in [-0.4, -0.2) is 12.4 Å². The standard InChI is InChI=1S/C19H16O.BF4/c20-19(16-10-4-1-5-11-16,17-12-6-2-7-13-17)18-14-8-3-9-15-18;2-1(3,4)5/h1-15,20H;/q;-1/p+1. The Morgan fingerprint density at radius 3 is 0.920 bits per heavy atom. The van der Waals surface area contributed by atoms with Gasteiger partial charge in [-0.15, -0.1) is 0 Å². The molecule has 0 atom stereocenters. The molecule has 0 aliphatic heterocycles. The Labute approximate surface area is 143 Å². The van der Waals surface area contributed by atoms with Crippen LogP contribution in [0.4, 0.5) is 17.3 Å². The van der Waals surface area contributed by atoms with Crippen LogP contribution < -0.4 is 0 Å². The van der Waals surface area contributed by atoms with Gasteiger partial charge in [0.05, 0.1) is 0 Å². The maximum Gasteiger partial charge on any atom is 0.673 e. The summed E-state index contributed by atoms with van der Waals surface area (Å²) in [7, 11) is -6.00. The zero-order valence-corrected chi connectivity index (χ0v) is 13.2. The van der Waals surface area contributed by atoms with E-state index in [0.29, 0.717) is 0 Å². The summed E-state index contributed by atoms with van der Waals surface area (Å²) in [4.78, 5) is 0. The second-order valence-electron chi connectivity index (χ2n) is 5.34. The zero-order chi connectivity index (χ0) is 18.3.